The number of benzene rings is 2. The summed E-state index contributed by atoms with van der Waals surface area (Å²) in [5, 5.41) is 2.68. The summed E-state index contributed by atoms with van der Waals surface area (Å²) in [4.78, 5) is 37.5. The van der Waals surface area contributed by atoms with Gasteiger partial charge in [0.1, 0.15) is 0 Å². The summed E-state index contributed by atoms with van der Waals surface area (Å²) >= 11 is 0. The minimum absolute atomic E-state index is 0.154. The highest BCUT2D eigenvalue weighted by Crippen LogP contribution is 2.23. The Kier molecular flexibility index (Phi) is 5.62. The second-order valence-electron chi connectivity index (χ2n) is 6.48. The van der Waals surface area contributed by atoms with Crippen LogP contribution in [-0.2, 0) is 15.8 Å². The third-order valence-electron chi connectivity index (χ3n) is 4.37. The molecule has 0 fully saturated rings. The van der Waals surface area contributed by atoms with Crippen molar-refractivity contribution in [2.75, 3.05) is 18.9 Å². The van der Waals surface area contributed by atoms with E-state index in [2.05, 4.69) is 16.6 Å². The fourth-order valence-corrected chi connectivity index (χ4v) is 3.95. The van der Waals surface area contributed by atoms with E-state index in [0.29, 0.717) is 11.3 Å². The number of anilines is 1. The number of carbonyl (C=O) groups excluding carboxylic acids is 3. The van der Waals surface area contributed by atoms with Gasteiger partial charge in [-0.15, -0.1) is 6.58 Å². The van der Waals surface area contributed by atoms with Crippen LogP contribution in [0.3, 0.4) is 0 Å². The lowest BCUT2D eigenvalue weighted by Crippen LogP contribution is -2.25. The van der Waals surface area contributed by atoms with E-state index in [1.165, 1.54) is 31.3 Å². The molecule has 8 nitrogen and oxygen atoms in total. The molecule has 1 aliphatic heterocycles. The zero-order chi connectivity index (χ0) is 21.2. The van der Waals surface area contributed by atoms with E-state index in [0.717, 1.165) is 4.90 Å². The Morgan fingerprint density at radius 3 is 2.38 bits per heavy atom. The first-order chi connectivity index (χ1) is 13.7. The van der Waals surface area contributed by atoms with E-state index in [4.69, 9.17) is 0 Å². The summed E-state index contributed by atoms with van der Waals surface area (Å²) in [7, 11) is -2.08. The topological polar surface area (TPSA) is 113 Å². The molecule has 150 valence electrons. The molecular formula is C20H19N3O5S. The Morgan fingerprint density at radius 1 is 1.07 bits per heavy atom. The van der Waals surface area contributed by atoms with Crippen LogP contribution in [-0.4, -0.2) is 44.6 Å². The van der Waals surface area contributed by atoms with Crippen molar-refractivity contribution < 1.29 is 22.8 Å². The third kappa shape index (κ3) is 4.41. The normalized spacial score (nSPS) is 13.3. The van der Waals surface area contributed by atoms with Gasteiger partial charge in [0.15, 0.2) is 0 Å². The number of nitrogens with zero attached hydrogens (tertiary/aromatic N) is 1. The van der Waals surface area contributed by atoms with Crippen LogP contribution in [0.15, 0.2) is 55.1 Å². The van der Waals surface area contributed by atoms with Crippen LogP contribution in [0.25, 0.3) is 0 Å². The average molecular weight is 413 g/mol. The van der Waals surface area contributed by atoms with E-state index in [1.807, 2.05) is 0 Å². The predicted octanol–water partition coefficient (Wildman–Crippen LogP) is 1.77. The molecule has 2 aromatic rings. The van der Waals surface area contributed by atoms with Gasteiger partial charge in [-0.2, -0.15) is 0 Å². The summed E-state index contributed by atoms with van der Waals surface area (Å²) in [5.74, 6) is -1.49. The smallest absolute Gasteiger partial charge is 0.261 e. The second kappa shape index (κ2) is 7.98. The van der Waals surface area contributed by atoms with Crippen LogP contribution >= 0.6 is 0 Å². The zero-order valence-electron chi connectivity index (χ0n) is 15.6. The highest BCUT2D eigenvalue weighted by molar-refractivity contribution is 7.88. The van der Waals surface area contributed by atoms with Crippen LogP contribution in [0, 0.1) is 0 Å². The SMILES string of the molecule is C=CCNS(=O)(=O)Cc1ccc(NC(=O)c2ccc3c(c2)C(=O)N(C)C3=O)cc1. The number of fused-ring (bicyclic) bond motifs is 1. The van der Waals surface area contributed by atoms with Crippen molar-refractivity contribution in [3.05, 3.63) is 77.4 Å². The molecule has 0 saturated heterocycles. The van der Waals surface area contributed by atoms with Crippen molar-refractivity contribution in [1.82, 2.24) is 9.62 Å². The molecular weight excluding hydrogens is 394 g/mol. The molecule has 2 aromatic carbocycles. The summed E-state index contributed by atoms with van der Waals surface area (Å²) < 4.78 is 26.2. The monoisotopic (exact) mass is 413 g/mol. The van der Waals surface area contributed by atoms with Crippen molar-refractivity contribution in [3.63, 3.8) is 0 Å². The summed E-state index contributed by atoms with van der Waals surface area (Å²) in [5.41, 5.74) is 1.72. The van der Waals surface area contributed by atoms with Crippen molar-refractivity contribution >= 4 is 33.4 Å². The van der Waals surface area contributed by atoms with Crippen LogP contribution in [0.5, 0.6) is 0 Å². The van der Waals surface area contributed by atoms with E-state index in [1.54, 1.807) is 24.3 Å². The maximum Gasteiger partial charge on any atom is 0.261 e. The molecule has 3 rings (SSSR count). The fraction of sp³-hybridized carbons (Fsp3) is 0.150. The van der Waals surface area contributed by atoms with E-state index in [9.17, 15) is 22.8 Å². The van der Waals surface area contributed by atoms with E-state index in [-0.39, 0.29) is 29.0 Å². The number of rotatable bonds is 7. The lowest BCUT2D eigenvalue weighted by molar-refractivity contribution is 0.0693. The van der Waals surface area contributed by atoms with Gasteiger partial charge in [0.25, 0.3) is 17.7 Å². The van der Waals surface area contributed by atoms with Crippen LogP contribution in [0.1, 0.15) is 36.6 Å². The molecule has 2 N–H and O–H groups in total. The molecule has 29 heavy (non-hydrogen) atoms. The van der Waals surface area contributed by atoms with Gasteiger partial charge >= 0.3 is 0 Å². The average Bonchev–Trinajstić information content (AvgIpc) is 2.91. The van der Waals surface area contributed by atoms with E-state index < -0.39 is 27.7 Å². The zero-order valence-corrected chi connectivity index (χ0v) is 16.5. The summed E-state index contributed by atoms with van der Waals surface area (Å²) in [6.45, 7) is 3.61. The van der Waals surface area contributed by atoms with Gasteiger partial charge in [-0.25, -0.2) is 13.1 Å². The Morgan fingerprint density at radius 2 is 1.72 bits per heavy atom. The fourth-order valence-electron chi connectivity index (χ4n) is 2.85. The molecule has 1 aliphatic rings. The number of imide groups is 1. The van der Waals surface area contributed by atoms with Gasteiger partial charge in [0.05, 0.1) is 16.9 Å². The first kappa shape index (κ1) is 20.4. The predicted molar refractivity (Wildman–Crippen MR) is 108 cm³/mol. The highest BCUT2D eigenvalue weighted by Gasteiger charge is 2.33. The van der Waals surface area contributed by atoms with Gasteiger partial charge in [-0.1, -0.05) is 18.2 Å². The Bertz CT molecular complexity index is 1110. The number of amides is 3. The minimum Gasteiger partial charge on any atom is -0.322 e. The second-order valence-corrected chi connectivity index (χ2v) is 8.28. The Labute approximate surface area is 168 Å². The largest absolute Gasteiger partial charge is 0.322 e. The lowest BCUT2D eigenvalue weighted by Gasteiger charge is -2.08. The number of carbonyl (C=O) groups is 3. The highest BCUT2D eigenvalue weighted by atomic mass is 32.2. The standard InChI is InChI=1S/C20H19N3O5S/c1-3-10-21-29(27,28)12-13-4-7-15(8-5-13)22-18(24)14-6-9-16-17(11-14)20(26)23(2)19(16)25/h3-9,11,21H,1,10,12H2,2H3,(H,22,24). The summed E-state index contributed by atoms with van der Waals surface area (Å²) in [6.07, 6.45) is 1.46. The lowest BCUT2D eigenvalue weighted by atomic mass is 10.1. The van der Waals surface area contributed by atoms with Crippen molar-refractivity contribution in [2.45, 2.75) is 5.75 Å². The number of nitrogens with one attached hydrogen (secondary N) is 2. The van der Waals surface area contributed by atoms with Crippen LogP contribution in [0.4, 0.5) is 5.69 Å². The Hall–Kier alpha value is -3.30. The quantitative estimate of drug-likeness (QED) is 0.531. The van der Waals surface area contributed by atoms with Gasteiger partial charge in [-0.05, 0) is 35.9 Å². The first-order valence-electron chi connectivity index (χ1n) is 8.67. The third-order valence-corrected chi connectivity index (χ3v) is 5.69. The number of sulfonamides is 1. The summed E-state index contributed by atoms with van der Waals surface area (Å²) in [6, 6.07) is 10.7. The molecule has 3 amide bonds. The van der Waals surface area contributed by atoms with Gasteiger partial charge in [-0.3, -0.25) is 19.3 Å². The van der Waals surface area contributed by atoms with Gasteiger partial charge < -0.3 is 5.32 Å². The number of hydrogen-bond donors (Lipinski definition) is 2. The first-order valence-corrected chi connectivity index (χ1v) is 10.3. The molecule has 0 radical (unpaired) electrons. The number of hydrogen-bond acceptors (Lipinski definition) is 5. The molecule has 9 heteroatoms. The van der Waals surface area contributed by atoms with E-state index >= 15 is 0 Å². The molecule has 0 atom stereocenters. The minimum atomic E-state index is -3.47. The Balaban J connectivity index is 1.70. The molecule has 0 aliphatic carbocycles. The molecule has 0 aromatic heterocycles. The molecule has 1 heterocycles. The molecule has 0 bridgehead atoms. The van der Waals surface area contributed by atoms with Crippen molar-refractivity contribution in [2.24, 2.45) is 0 Å². The van der Waals surface area contributed by atoms with Crippen molar-refractivity contribution in [1.29, 1.82) is 0 Å². The maximum atomic E-state index is 12.5. The van der Waals surface area contributed by atoms with Crippen LogP contribution < -0.4 is 10.0 Å². The maximum absolute atomic E-state index is 12.5. The molecule has 0 spiro atoms. The molecule has 0 saturated carbocycles. The molecule has 0 unspecified atom stereocenters. The van der Waals surface area contributed by atoms with Gasteiger partial charge in [0.2, 0.25) is 10.0 Å². The van der Waals surface area contributed by atoms with Gasteiger partial charge in [0, 0.05) is 24.8 Å². The van der Waals surface area contributed by atoms with Crippen LogP contribution in [0.2, 0.25) is 0 Å². The van der Waals surface area contributed by atoms with Crippen molar-refractivity contribution in [3.8, 4) is 0 Å².